The molecule has 180 valence electrons. The zero-order chi connectivity index (χ0) is 24.9. The van der Waals surface area contributed by atoms with Crippen molar-refractivity contribution >= 4 is 40.7 Å². The number of anilines is 2. The summed E-state index contributed by atoms with van der Waals surface area (Å²) in [6, 6.07) is 20.7. The van der Waals surface area contributed by atoms with E-state index in [1.807, 2.05) is 74.4 Å². The summed E-state index contributed by atoms with van der Waals surface area (Å²) in [7, 11) is 3.99. The van der Waals surface area contributed by atoms with E-state index in [0.29, 0.717) is 34.1 Å². The van der Waals surface area contributed by atoms with Crippen LogP contribution in [-0.2, 0) is 6.54 Å². The van der Waals surface area contributed by atoms with Crippen molar-refractivity contribution in [1.82, 2.24) is 14.8 Å². The fourth-order valence-electron chi connectivity index (χ4n) is 3.31. The second kappa shape index (κ2) is 10.8. The van der Waals surface area contributed by atoms with E-state index in [2.05, 4.69) is 15.4 Å². The Kier molecular flexibility index (Phi) is 7.58. The molecule has 1 N–H and O–H groups in total. The molecule has 1 heterocycles. The van der Waals surface area contributed by atoms with Gasteiger partial charge in [-0.2, -0.15) is 9.67 Å². The number of halogens is 2. The lowest BCUT2D eigenvalue weighted by molar-refractivity contribution is 0.0824. The van der Waals surface area contributed by atoms with Crippen LogP contribution >= 0.6 is 23.2 Å². The summed E-state index contributed by atoms with van der Waals surface area (Å²) < 4.78 is 6.86. The van der Waals surface area contributed by atoms with Gasteiger partial charge in [0.15, 0.2) is 12.4 Å². The van der Waals surface area contributed by atoms with E-state index in [1.165, 1.54) is 4.68 Å². The summed E-state index contributed by atoms with van der Waals surface area (Å²) in [5.74, 6) is 0.729. The minimum atomic E-state index is -0.396. The van der Waals surface area contributed by atoms with Crippen LogP contribution in [0.1, 0.15) is 15.9 Å². The lowest BCUT2D eigenvalue weighted by atomic mass is 10.1. The van der Waals surface area contributed by atoms with Gasteiger partial charge in [0.2, 0.25) is 5.95 Å². The van der Waals surface area contributed by atoms with Crippen LogP contribution in [0, 0.1) is 6.92 Å². The monoisotopic (exact) mass is 509 g/mol. The quantitative estimate of drug-likeness (QED) is 0.316. The number of nitrogens with zero attached hydrogens (tertiary/aromatic N) is 4. The number of benzene rings is 3. The number of rotatable bonds is 8. The summed E-state index contributed by atoms with van der Waals surface area (Å²) in [6.45, 7) is 2.20. The van der Waals surface area contributed by atoms with E-state index in [0.717, 1.165) is 22.4 Å². The zero-order valence-electron chi connectivity index (χ0n) is 19.6. The van der Waals surface area contributed by atoms with Gasteiger partial charge in [-0.15, -0.1) is 5.10 Å². The second-order valence-corrected chi connectivity index (χ2v) is 9.05. The van der Waals surface area contributed by atoms with Gasteiger partial charge in [0.1, 0.15) is 5.75 Å². The number of hydrogen-bond donors (Lipinski definition) is 1. The molecule has 0 saturated carbocycles. The maximum Gasteiger partial charge on any atom is 0.287 e. The van der Waals surface area contributed by atoms with Crippen LogP contribution in [0.25, 0.3) is 11.4 Å². The predicted octanol–water partition coefficient (Wildman–Crippen LogP) is 5.96. The van der Waals surface area contributed by atoms with Crippen LogP contribution in [0.2, 0.25) is 10.0 Å². The summed E-state index contributed by atoms with van der Waals surface area (Å²) in [6.07, 6.45) is 0. The molecule has 4 aromatic rings. The zero-order valence-corrected chi connectivity index (χ0v) is 21.1. The van der Waals surface area contributed by atoms with Crippen LogP contribution in [0.5, 0.6) is 5.75 Å². The van der Waals surface area contributed by atoms with Crippen molar-refractivity contribution in [2.45, 2.75) is 13.5 Å². The van der Waals surface area contributed by atoms with Gasteiger partial charge in [-0.3, -0.25) is 4.79 Å². The van der Waals surface area contributed by atoms with Gasteiger partial charge < -0.3 is 15.0 Å². The maximum atomic E-state index is 13.1. The molecule has 1 aromatic heterocycles. The van der Waals surface area contributed by atoms with E-state index in [-0.39, 0.29) is 6.61 Å². The normalized spacial score (nSPS) is 10.8. The predicted molar refractivity (Wildman–Crippen MR) is 141 cm³/mol. The van der Waals surface area contributed by atoms with Gasteiger partial charge in [-0.05, 0) is 42.8 Å². The smallest absolute Gasteiger partial charge is 0.287 e. The van der Waals surface area contributed by atoms with Gasteiger partial charge in [0.25, 0.3) is 5.91 Å². The Balaban J connectivity index is 1.55. The minimum absolute atomic E-state index is 0.274. The number of ether oxygens (including phenoxy) is 1. The fraction of sp³-hybridized carbons (Fsp3) is 0.192. The number of nitrogens with one attached hydrogen (secondary N) is 1. The van der Waals surface area contributed by atoms with Crippen molar-refractivity contribution < 1.29 is 9.53 Å². The Morgan fingerprint density at radius 3 is 2.40 bits per heavy atom. The average molecular weight is 510 g/mol. The Morgan fingerprint density at radius 2 is 1.74 bits per heavy atom. The van der Waals surface area contributed by atoms with Crippen molar-refractivity contribution in [2.75, 3.05) is 30.9 Å². The van der Waals surface area contributed by atoms with E-state index >= 15 is 0 Å². The highest BCUT2D eigenvalue weighted by atomic mass is 35.5. The molecular weight excluding hydrogens is 485 g/mol. The average Bonchev–Trinajstić information content (AvgIpc) is 3.27. The molecule has 3 aromatic carbocycles. The van der Waals surface area contributed by atoms with Crippen molar-refractivity contribution in [2.24, 2.45) is 0 Å². The Hall–Kier alpha value is -3.55. The molecule has 0 amide bonds. The van der Waals surface area contributed by atoms with Crippen LogP contribution < -0.4 is 15.0 Å². The molecule has 35 heavy (non-hydrogen) atoms. The van der Waals surface area contributed by atoms with Crippen LogP contribution in [0.3, 0.4) is 0 Å². The molecule has 0 saturated heterocycles. The number of aromatic nitrogens is 3. The van der Waals surface area contributed by atoms with Gasteiger partial charge in [0, 0.05) is 36.9 Å². The first-order valence-corrected chi connectivity index (χ1v) is 11.7. The van der Waals surface area contributed by atoms with Crippen molar-refractivity contribution in [3.8, 4) is 17.1 Å². The number of carbonyl (C=O) groups is 1. The summed E-state index contributed by atoms with van der Waals surface area (Å²) >= 11 is 12.1. The third kappa shape index (κ3) is 6.12. The Bertz CT molecular complexity index is 1320. The van der Waals surface area contributed by atoms with E-state index < -0.39 is 5.91 Å². The number of aryl methyl sites for hydroxylation is 1. The second-order valence-electron chi connectivity index (χ2n) is 8.21. The standard InChI is InChI=1S/C26H25Cl2N5O2/c1-17-4-8-19(9-5-17)25-30-26(29-15-18-6-11-21(12-7-18)32(2)3)33(31-25)24(34)16-35-23-13-10-20(27)14-22(23)28/h4-14H,15-16H2,1-3H3,(H,29,30,31). The van der Waals surface area contributed by atoms with Gasteiger partial charge in [-0.25, -0.2) is 0 Å². The van der Waals surface area contributed by atoms with Crippen molar-refractivity contribution in [1.29, 1.82) is 0 Å². The third-order valence-electron chi connectivity index (χ3n) is 5.30. The molecule has 0 aliphatic carbocycles. The Labute approximate surface area is 214 Å². The maximum absolute atomic E-state index is 13.1. The lowest BCUT2D eigenvalue weighted by Gasteiger charge is -2.13. The molecular formula is C26H25Cl2N5O2. The molecule has 9 heteroatoms. The summed E-state index contributed by atoms with van der Waals surface area (Å²) in [5, 5.41) is 8.50. The minimum Gasteiger partial charge on any atom is -0.482 e. The lowest BCUT2D eigenvalue weighted by Crippen LogP contribution is -2.23. The SMILES string of the molecule is Cc1ccc(-c2nc(NCc3ccc(N(C)C)cc3)n(C(=O)COc3ccc(Cl)cc3Cl)n2)cc1. The van der Waals surface area contributed by atoms with Crippen LogP contribution in [-0.4, -0.2) is 41.4 Å². The number of hydrogen-bond acceptors (Lipinski definition) is 6. The third-order valence-corrected chi connectivity index (χ3v) is 5.83. The van der Waals surface area contributed by atoms with Crippen LogP contribution in [0.15, 0.2) is 66.7 Å². The molecule has 4 rings (SSSR count). The van der Waals surface area contributed by atoms with Gasteiger partial charge >= 0.3 is 0 Å². The molecule has 0 radical (unpaired) electrons. The molecule has 0 aliphatic rings. The fourth-order valence-corrected chi connectivity index (χ4v) is 3.77. The van der Waals surface area contributed by atoms with Crippen LogP contribution in [0.4, 0.5) is 11.6 Å². The van der Waals surface area contributed by atoms with E-state index in [4.69, 9.17) is 27.9 Å². The van der Waals surface area contributed by atoms with Crippen molar-refractivity contribution in [3.05, 3.63) is 87.9 Å². The first-order chi connectivity index (χ1) is 16.8. The molecule has 0 spiro atoms. The molecule has 0 fully saturated rings. The van der Waals surface area contributed by atoms with Gasteiger partial charge in [-0.1, -0.05) is 65.2 Å². The van der Waals surface area contributed by atoms with E-state index in [1.54, 1.807) is 18.2 Å². The first kappa shape index (κ1) is 24.6. The van der Waals surface area contributed by atoms with Gasteiger partial charge in [0.05, 0.1) is 5.02 Å². The number of carbonyl (C=O) groups excluding carboxylic acids is 1. The van der Waals surface area contributed by atoms with E-state index in [9.17, 15) is 4.79 Å². The largest absolute Gasteiger partial charge is 0.482 e. The molecule has 0 unspecified atom stereocenters. The molecule has 0 aliphatic heterocycles. The summed E-state index contributed by atoms with van der Waals surface area (Å²) in [5.41, 5.74) is 4.07. The van der Waals surface area contributed by atoms with Crippen molar-refractivity contribution in [3.63, 3.8) is 0 Å². The Morgan fingerprint density at radius 1 is 1.03 bits per heavy atom. The first-order valence-electron chi connectivity index (χ1n) is 11.0. The highest BCUT2D eigenvalue weighted by Gasteiger charge is 2.18. The molecule has 0 bridgehead atoms. The highest BCUT2D eigenvalue weighted by molar-refractivity contribution is 6.35. The highest BCUT2D eigenvalue weighted by Crippen LogP contribution is 2.27. The topological polar surface area (TPSA) is 72.3 Å². The molecule has 7 nitrogen and oxygen atoms in total. The molecule has 0 atom stereocenters. The summed E-state index contributed by atoms with van der Waals surface area (Å²) in [4.78, 5) is 19.7.